The highest BCUT2D eigenvalue weighted by atomic mass is 19.1. The number of halogens is 1. The summed E-state index contributed by atoms with van der Waals surface area (Å²) >= 11 is 0. The van der Waals surface area contributed by atoms with Crippen LogP contribution in [0.1, 0.15) is 31.2 Å². The van der Waals surface area contributed by atoms with E-state index in [0.717, 1.165) is 25.7 Å². The van der Waals surface area contributed by atoms with E-state index in [0.29, 0.717) is 5.56 Å². The molecule has 1 saturated carbocycles. The molecule has 6 heteroatoms. The van der Waals surface area contributed by atoms with E-state index in [2.05, 4.69) is 0 Å². The Morgan fingerprint density at radius 2 is 2.05 bits per heavy atom. The highest BCUT2D eigenvalue weighted by molar-refractivity contribution is 5.85. The van der Waals surface area contributed by atoms with Gasteiger partial charge in [0.25, 0.3) is 0 Å². The van der Waals surface area contributed by atoms with E-state index in [1.54, 1.807) is 6.07 Å². The third-order valence-corrected chi connectivity index (χ3v) is 3.98. The molecule has 0 aromatic heterocycles. The molecule has 1 aromatic rings. The number of nitrogens with two attached hydrogens (primary N) is 1. The topological polar surface area (TPSA) is 72.6 Å². The summed E-state index contributed by atoms with van der Waals surface area (Å²) in [4.78, 5) is 25.2. The predicted octanol–water partition coefficient (Wildman–Crippen LogP) is 1.63. The second-order valence-corrected chi connectivity index (χ2v) is 5.57. The molecule has 2 amide bonds. The summed E-state index contributed by atoms with van der Waals surface area (Å²) in [5.41, 5.74) is 5.80. The number of benzene rings is 1. The summed E-state index contributed by atoms with van der Waals surface area (Å²) in [6, 6.07) is 4.49. The van der Waals surface area contributed by atoms with Crippen LogP contribution in [-0.2, 0) is 16.0 Å². The lowest BCUT2D eigenvalue weighted by Gasteiger charge is -2.28. The number of amides is 2. The number of rotatable bonds is 6. The van der Waals surface area contributed by atoms with Crippen LogP contribution in [0.25, 0.3) is 0 Å². The van der Waals surface area contributed by atoms with Gasteiger partial charge in [-0.15, -0.1) is 0 Å². The quantitative estimate of drug-likeness (QED) is 0.868. The molecule has 1 aromatic carbocycles. The van der Waals surface area contributed by atoms with Crippen LogP contribution in [0, 0.1) is 5.82 Å². The number of carbonyl (C=O) groups is 2. The van der Waals surface area contributed by atoms with Gasteiger partial charge in [0.15, 0.2) is 11.6 Å². The molecule has 0 atom stereocenters. The van der Waals surface area contributed by atoms with Crippen molar-refractivity contribution in [3.8, 4) is 5.75 Å². The van der Waals surface area contributed by atoms with Crippen LogP contribution >= 0.6 is 0 Å². The lowest BCUT2D eigenvalue weighted by molar-refractivity contribution is -0.136. The molecule has 0 spiro atoms. The molecule has 1 fully saturated rings. The molecule has 120 valence electrons. The molecule has 0 aliphatic heterocycles. The summed E-state index contributed by atoms with van der Waals surface area (Å²) in [6.07, 6.45) is 3.91. The molecule has 0 radical (unpaired) electrons. The highest BCUT2D eigenvalue weighted by Crippen LogP contribution is 2.24. The summed E-state index contributed by atoms with van der Waals surface area (Å²) in [5, 5.41) is 0. The SMILES string of the molecule is COc1ccc(CC(=O)N(CC(N)=O)C2CCCC2)cc1F. The zero-order chi connectivity index (χ0) is 16.1. The Morgan fingerprint density at radius 1 is 1.36 bits per heavy atom. The second-order valence-electron chi connectivity index (χ2n) is 5.57. The van der Waals surface area contributed by atoms with Gasteiger partial charge in [-0.25, -0.2) is 4.39 Å². The van der Waals surface area contributed by atoms with Gasteiger partial charge in [-0.1, -0.05) is 18.9 Å². The van der Waals surface area contributed by atoms with Gasteiger partial charge in [0.2, 0.25) is 11.8 Å². The normalized spacial score (nSPS) is 14.8. The lowest BCUT2D eigenvalue weighted by Crippen LogP contribution is -2.44. The van der Waals surface area contributed by atoms with Crippen LogP contribution < -0.4 is 10.5 Å². The van der Waals surface area contributed by atoms with Crippen molar-refractivity contribution in [3.05, 3.63) is 29.6 Å². The maximum atomic E-state index is 13.7. The predicted molar refractivity (Wildman–Crippen MR) is 79.8 cm³/mol. The number of hydrogen-bond donors (Lipinski definition) is 1. The molecule has 0 bridgehead atoms. The number of primary amides is 1. The van der Waals surface area contributed by atoms with Gasteiger partial charge in [0.05, 0.1) is 20.1 Å². The minimum atomic E-state index is -0.527. The van der Waals surface area contributed by atoms with Crippen LogP contribution in [0.2, 0.25) is 0 Å². The van der Waals surface area contributed by atoms with E-state index in [1.807, 2.05) is 0 Å². The number of hydrogen-bond acceptors (Lipinski definition) is 3. The molecule has 2 N–H and O–H groups in total. The van der Waals surface area contributed by atoms with Gasteiger partial charge < -0.3 is 15.4 Å². The van der Waals surface area contributed by atoms with E-state index in [9.17, 15) is 14.0 Å². The van der Waals surface area contributed by atoms with Crippen LogP contribution in [0.4, 0.5) is 4.39 Å². The van der Waals surface area contributed by atoms with Gasteiger partial charge in [-0.2, -0.15) is 0 Å². The first-order valence-electron chi connectivity index (χ1n) is 7.41. The zero-order valence-electron chi connectivity index (χ0n) is 12.7. The molecule has 22 heavy (non-hydrogen) atoms. The molecule has 5 nitrogen and oxygen atoms in total. The van der Waals surface area contributed by atoms with Crippen molar-refractivity contribution >= 4 is 11.8 Å². The Kier molecular flexibility index (Phi) is 5.35. The van der Waals surface area contributed by atoms with Crippen LogP contribution in [0.5, 0.6) is 5.75 Å². The number of nitrogens with zero attached hydrogens (tertiary/aromatic N) is 1. The first-order valence-corrected chi connectivity index (χ1v) is 7.41. The van der Waals surface area contributed by atoms with Crippen molar-refractivity contribution in [2.75, 3.05) is 13.7 Å². The standard InChI is InChI=1S/C16H21FN2O3/c1-22-14-7-6-11(8-13(14)17)9-16(21)19(10-15(18)20)12-4-2-3-5-12/h6-8,12H,2-5,9-10H2,1H3,(H2,18,20). The third-order valence-electron chi connectivity index (χ3n) is 3.98. The average molecular weight is 308 g/mol. The fourth-order valence-electron chi connectivity index (χ4n) is 2.90. The fourth-order valence-corrected chi connectivity index (χ4v) is 2.90. The summed E-state index contributed by atoms with van der Waals surface area (Å²) in [5.74, 6) is -1.09. The fraction of sp³-hybridized carbons (Fsp3) is 0.500. The van der Waals surface area contributed by atoms with Crippen molar-refractivity contribution in [2.24, 2.45) is 5.73 Å². The van der Waals surface area contributed by atoms with Gasteiger partial charge in [0.1, 0.15) is 0 Å². The van der Waals surface area contributed by atoms with Crippen LogP contribution in [0.15, 0.2) is 18.2 Å². The molecule has 1 aliphatic rings. The van der Waals surface area contributed by atoms with E-state index in [4.69, 9.17) is 10.5 Å². The summed E-state index contributed by atoms with van der Waals surface area (Å²) < 4.78 is 18.5. The maximum absolute atomic E-state index is 13.7. The maximum Gasteiger partial charge on any atom is 0.237 e. The van der Waals surface area contributed by atoms with Crippen molar-refractivity contribution in [1.29, 1.82) is 0 Å². The zero-order valence-corrected chi connectivity index (χ0v) is 12.7. The first kappa shape index (κ1) is 16.3. The van der Waals surface area contributed by atoms with Crippen molar-refractivity contribution in [3.63, 3.8) is 0 Å². The van der Waals surface area contributed by atoms with Crippen molar-refractivity contribution in [2.45, 2.75) is 38.1 Å². The Morgan fingerprint density at radius 3 is 2.59 bits per heavy atom. The first-order chi connectivity index (χ1) is 10.5. The third kappa shape index (κ3) is 3.96. The van der Waals surface area contributed by atoms with Crippen LogP contribution in [0.3, 0.4) is 0 Å². The Balaban J connectivity index is 2.09. The summed E-state index contributed by atoms with van der Waals surface area (Å²) in [7, 11) is 1.39. The Labute approximate surface area is 129 Å². The van der Waals surface area contributed by atoms with E-state index in [1.165, 1.54) is 24.1 Å². The van der Waals surface area contributed by atoms with Crippen LogP contribution in [-0.4, -0.2) is 36.4 Å². The highest BCUT2D eigenvalue weighted by Gasteiger charge is 2.27. The van der Waals surface area contributed by atoms with Gasteiger partial charge in [-0.05, 0) is 30.5 Å². The monoisotopic (exact) mass is 308 g/mol. The second kappa shape index (κ2) is 7.24. The van der Waals surface area contributed by atoms with E-state index in [-0.39, 0.29) is 30.7 Å². The van der Waals surface area contributed by atoms with Crippen molar-refractivity contribution in [1.82, 2.24) is 4.90 Å². The van der Waals surface area contributed by atoms with Gasteiger partial charge >= 0.3 is 0 Å². The average Bonchev–Trinajstić information content (AvgIpc) is 2.98. The largest absolute Gasteiger partial charge is 0.494 e. The minimum Gasteiger partial charge on any atom is -0.494 e. The molecule has 0 heterocycles. The molecular formula is C16H21FN2O3. The summed E-state index contributed by atoms with van der Waals surface area (Å²) in [6.45, 7) is -0.0812. The smallest absolute Gasteiger partial charge is 0.237 e. The van der Waals surface area contributed by atoms with Gasteiger partial charge in [0, 0.05) is 6.04 Å². The molecular weight excluding hydrogens is 287 g/mol. The van der Waals surface area contributed by atoms with Crippen molar-refractivity contribution < 1.29 is 18.7 Å². The molecule has 2 rings (SSSR count). The van der Waals surface area contributed by atoms with E-state index < -0.39 is 11.7 Å². The lowest BCUT2D eigenvalue weighted by atomic mass is 10.1. The molecule has 1 aliphatic carbocycles. The Hall–Kier alpha value is -2.11. The van der Waals surface area contributed by atoms with E-state index >= 15 is 0 Å². The number of methoxy groups -OCH3 is 1. The number of ether oxygens (including phenoxy) is 1. The molecule has 0 unspecified atom stereocenters. The molecule has 0 saturated heterocycles. The number of carbonyl (C=O) groups excluding carboxylic acids is 2. The Bertz CT molecular complexity index is 556. The van der Waals surface area contributed by atoms with Gasteiger partial charge in [-0.3, -0.25) is 9.59 Å². The minimum absolute atomic E-state index is 0.0463.